The van der Waals surface area contributed by atoms with Gasteiger partial charge in [-0.15, -0.1) is 0 Å². The number of amides is 1. The van der Waals surface area contributed by atoms with Crippen molar-refractivity contribution in [1.29, 1.82) is 0 Å². The summed E-state index contributed by atoms with van der Waals surface area (Å²) in [6, 6.07) is 5.77. The molecule has 2 aromatic heterocycles. The van der Waals surface area contributed by atoms with Gasteiger partial charge in [-0.1, -0.05) is 6.07 Å². The Morgan fingerprint density at radius 3 is 2.82 bits per heavy atom. The minimum Gasteiger partial charge on any atom is -0.444 e. The van der Waals surface area contributed by atoms with E-state index in [-0.39, 0.29) is 0 Å². The first-order chi connectivity index (χ1) is 10.4. The van der Waals surface area contributed by atoms with Crippen LogP contribution in [0, 0.1) is 0 Å². The zero-order chi connectivity index (χ0) is 16.0. The van der Waals surface area contributed by atoms with Crippen LogP contribution in [0.2, 0.25) is 0 Å². The summed E-state index contributed by atoms with van der Waals surface area (Å²) in [5.41, 5.74) is 1.26. The summed E-state index contributed by atoms with van der Waals surface area (Å²) < 4.78 is 5.21. The molecule has 0 saturated carbocycles. The molecule has 7 nitrogen and oxygen atoms in total. The van der Waals surface area contributed by atoms with Crippen LogP contribution in [0.1, 0.15) is 32.0 Å². The van der Waals surface area contributed by atoms with Crippen LogP contribution in [0.25, 0.3) is 0 Å². The fourth-order valence-electron chi connectivity index (χ4n) is 1.79. The summed E-state index contributed by atoms with van der Waals surface area (Å²) in [5, 5.41) is 12.6. The van der Waals surface area contributed by atoms with Crippen molar-refractivity contribution in [3.05, 3.63) is 41.9 Å². The number of H-pyrrole nitrogens is 1. The van der Waals surface area contributed by atoms with Gasteiger partial charge in [0.1, 0.15) is 11.4 Å². The van der Waals surface area contributed by atoms with Gasteiger partial charge in [0.2, 0.25) is 0 Å². The summed E-state index contributed by atoms with van der Waals surface area (Å²) >= 11 is 0. The number of ether oxygens (including phenoxy) is 1. The van der Waals surface area contributed by atoms with Crippen LogP contribution >= 0.6 is 0 Å². The van der Waals surface area contributed by atoms with Crippen LogP contribution in [0.5, 0.6) is 0 Å². The van der Waals surface area contributed by atoms with E-state index in [1.165, 1.54) is 0 Å². The molecule has 0 atom stereocenters. The average Bonchev–Trinajstić information content (AvgIpc) is 2.85. The molecular weight excluding hydrogens is 282 g/mol. The monoisotopic (exact) mass is 303 g/mol. The number of rotatable bonds is 5. The molecule has 2 aromatic rings. The standard InChI is InChI=1S/C15H21N5O2/c1-15(2,3)22-14(21)19-13-11(9-18-20-13)8-16-10-12-6-4-5-7-17-12/h4-7,9,16H,8,10H2,1-3H3,(H2,18,19,20,21). The maximum absolute atomic E-state index is 11.8. The fourth-order valence-corrected chi connectivity index (χ4v) is 1.79. The highest BCUT2D eigenvalue weighted by atomic mass is 16.6. The Morgan fingerprint density at radius 2 is 2.14 bits per heavy atom. The van der Waals surface area contributed by atoms with E-state index in [0.717, 1.165) is 11.3 Å². The maximum Gasteiger partial charge on any atom is 0.413 e. The van der Waals surface area contributed by atoms with E-state index in [4.69, 9.17) is 4.74 Å². The van der Waals surface area contributed by atoms with Gasteiger partial charge in [0, 0.05) is 24.8 Å². The lowest BCUT2D eigenvalue weighted by Crippen LogP contribution is -2.27. The molecule has 0 aliphatic rings. The van der Waals surface area contributed by atoms with Gasteiger partial charge >= 0.3 is 6.09 Å². The Bertz CT molecular complexity index is 604. The fraction of sp³-hybridized carbons (Fsp3) is 0.400. The molecule has 0 spiro atoms. The third-order valence-corrected chi connectivity index (χ3v) is 2.69. The third kappa shape index (κ3) is 5.17. The van der Waals surface area contributed by atoms with Crippen LogP contribution < -0.4 is 10.6 Å². The maximum atomic E-state index is 11.8. The van der Waals surface area contributed by atoms with Gasteiger partial charge in [0.25, 0.3) is 0 Å². The summed E-state index contributed by atoms with van der Waals surface area (Å²) in [6.07, 6.45) is 2.91. The molecule has 0 radical (unpaired) electrons. The van der Waals surface area contributed by atoms with Crippen molar-refractivity contribution in [3.8, 4) is 0 Å². The molecule has 1 amide bonds. The smallest absolute Gasteiger partial charge is 0.413 e. The van der Waals surface area contributed by atoms with Crippen LogP contribution in [0.4, 0.5) is 10.6 Å². The van der Waals surface area contributed by atoms with Gasteiger partial charge in [-0.05, 0) is 32.9 Å². The number of aromatic nitrogens is 3. The van der Waals surface area contributed by atoms with E-state index < -0.39 is 11.7 Å². The molecule has 0 fully saturated rings. The van der Waals surface area contributed by atoms with E-state index in [1.807, 2.05) is 39.0 Å². The Hall–Kier alpha value is -2.41. The van der Waals surface area contributed by atoms with Crippen LogP contribution in [0.3, 0.4) is 0 Å². The van der Waals surface area contributed by atoms with Crippen LogP contribution in [0.15, 0.2) is 30.6 Å². The van der Waals surface area contributed by atoms with E-state index in [1.54, 1.807) is 12.4 Å². The van der Waals surface area contributed by atoms with E-state index in [2.05, 4.69) is 25.8 Å². The second-order valence-corrected chi connectivity index (χ2v) is 5.82. The van der Waals surface area contributed by atoms with Crippen molar-refractivity contribution in [2.24, 2.45) is 0 Å². The molecule has 0 saturated heterocycles. The van der Waals surface area contributed by atoms with E-state index >= 15 is 0 Å². The zero-order valence-corrected chi connectivity index (χ0v) is 13.0. The molecule has 2 heterocycles. The van der Waals surface area contributed by atoms with Crippen molar-refractivity contribution >= 4 is 11.9 Å². The molecule has 0 unspecified atom stereocenters. The Kier molecular flexibility index (Phi) is 5.11. The van der Waals surface area contributed by atoms with E-state index in [0.29, 0.717) is 18.9 Å². The number of anilines is 1. The highest BCUT2D eigenvalue weighted by molar-refractivity contribution is 5.84. The van der Waals surface area contributed by atoms with Gasteiger partial charge in [-0.25, -0.2) is 4.79 Å². The van der Waals surface area contributed by atoms with Crippen molar-refractivity contribution in [2.75, 3.05) is 5.32 Å². The van der Waals surface area contributed by atoms with Crippen molar-refractivity contribution in [2.45, 2.75) is 39.5 Å². The Balaban J connectivity index is 1.86. The number of carbonyl (C=O) groups is 1. The lowest BCUT2D eigenvalue weighted by molar-refractivity contribution is 0.0635. The first kappa shape index (κ1) is 16.0. The normalized spacial score (nSPS) is 11.2. The predicted molar refractivity (Wildman–Crippen MR) is 83.2 cm³/mol. The minimum absolute atomic E-state index is 0.511. The predicted octanol–water partition coefficient (Wildman–Crippen LogP) is 2.44. The second kappa shape index (κ2) is 7.04. The molecule has 2 rings (SSSR count). The van der Waals surface area contributed by atoms with Gasteiger partial charge in [-0.2, -0.15) is 5.10 Å². The van der Waals surface area contributed by atoms with Crippen molar-refractivity contribution in [1.82, 2.24) is 20.5 Å². The highest BCUT2D eigenvalue weighted by Crippen LogP contribution is 2.13. The van der Waals surface area contributed by atoms with Gasteiger partial charge < -0.3 is 10.1 Å². The number of hydrogen-bond donors (Lipinski definition) is 3. The molecule has 3 N–H and O–H groups in total. The largest absolute Gasteiger partial charge is 0.444 e. The number of nitrogens with zero attached hydrogens (tertiary/aromatic N) is 2. The third-order valence-electron chi connectivity index (χ3n) is 2.69. The number of nitrogens with one attached hydrogen (secondary N) is 3. The molecular formula is C15H21N5O2. The second-order valence-electron chi connectivity index (χ2n) is 5.82. The van der Waals surface area contributed by atoms with E-state index in [9.17, 15) is 4.79 Å². The summed E-state index contributed by atoms with van der Waals surface area (Å²) in [6.45, 7) is 6.63. The SMILES string of the molecule is CC(C)(C)OC(=O)Nc1[nH]ncc1CNCc1ccccn1. The first-order valence-corrected chi connectivity index (χ1v) is 7.07. The average molecular weight is 303 g/mol. The highest BCUT2D eigenvalue weighted by Gasteiger charge is 2.17. The van der Waals surface area contributed by atoms with Crippen molar-refractivity contribution in [3.63, 3.8) is 0 Å². The van der Waals surface area contributed by atoms with Gasteiger partial charge in [-0.3, -0.25) is 15.4 Å². The van der Waals surface area contributed by atoms with Crippen LogP contribution in [-0.4, -0.2) is 26.9 Å². The molecule has 7 heteroatoms. The Labute approximate surface area is 129 Å². The number of hydrogen-bond acceptors (Lipinski definition) is 5. The van der Waals surface area contributed by atoms with Crippen molar-refractivity contribution < 1.29 is 9.53 Å². The van der Waals surface area contributed by atoms with Gasteiger partial charge in [0.05, 0.1) is 11.9 Å². The summed E-state index contributed by atoms with van der Waals surface area (Å²) in [4.78, 5) is 16.0. The lowest BCUT2D eigenvalue weighted by Gasteiger charge is -2.19. The number of aromatic amines is 1. The molecule has 0 bridgehead atoms. The quantitative estimate of drug-likeness (QED) is 0.789. The minimum atomic E-state index is -0.540. The first-order valence-electron chi connectivity index (χ1n) is 7.07. The number of pyridine rings is 1. The summed E-state index contributed by atoms with van der Waals surface area (Å²) in [5.74, 6) is 0.530. The lowest BCUT2D eigenvalue weighted by atomic mass is 10.2. The zero-order valence-electron chi connectivity index (χ0n) is 13.0. The topological polar surface area (TPSA) is 91.9 Å². The summed E-state index contributed by atoms with van der Waals surface area (Å²) in [7, 11) is 0. The molecule has 0 aliphatic heterocycles. The Morgan fingerprint density at radius 1 is 1.32 bits per heavy atom. The molecule has 22 heavy (non-hydrogen) atoms. The van der Waals surface area contributed by atoms with Crippen LogP contribution in [-0.2, 0) is 17.8 Å². The molecule has 0 aromatic carbocycles. The van der Waals surface area contributed by atoms with Gasteiger partial charge in [0.15, 0.2) is 0 Å². The molecule has 118 valence electrons. The number of carbonyl (C=O) groups excluding carboxylic acids is 1. The molecule has 0 aliphatic carbocycles.